The van der Waals surface area contributed by atoms with Crippen LogP contribution in [0.1, 0.15) is 43.6 Å². The minimum absolute atomic E-state index is 0.152. The van der Waals surface area contributed by atoms with E-state index in [-0.39, 0.29) is 5.41 Å². The number of rotatable bonds is 6. The molecule has 1 heterocycles. The Labute approximate surface area is 132 Å². The highest BCUT2D eigenvalue weighted by molar-refractivity contribution is 5.30. The Morgan fingerprint density at radius 1 is 1.36 bits per heavy atom. The molecule has 0 amide bonds. The van der Waals surface area contributed by atoms with E-state index >= 15 is 0 Å². The van der Waals surface area contributed by atoms with Crippen molar-refractivity contribution in [3.63, 3.8) is 0 Å². The summed E-state index contributed by atoms with van der Waals surface area (Å²) in [5.41, 5.74) is 7.63. The number of aromatic nitrogens is 2. The first kappa shape index (κ1) is 15.3. The molecular formula is C18H26N4. The van der Waals surface area contributed by atoms with Gasteiger partial charge in [0.25, 0.3) is 0 Å². The number of hydrogen-bond donors (Lipinski definition) is 2. The number of hydrogen-bond acceptors (Lipinski definition) is 3. The van der Waals surface area contributed by atoms with E-state index < -0.39 is 0 Å². The second kappa shape index (κ2) is 6.23. The van der Waals surface area contributed by atoms with Gasteiger partial charge in [0.05, 0.1) is 6.04 Å². The monoisotopic (exact) mass is 298 g/mol. The van der Waals surface area contributed by atoms with Gasteiger partial charge in [-0.2, -0.15) is 0 Å². The maximum absolute atomic E-state index is 6.10. The van der Waals surface area contributed by atoms with Crippen molar-refractivity contribution in [1.29, 1.82) is 0 Å². The molecule has 3 rings (SSSR count). The van der Waals surface area contributed by atoms with E-state index in [4.69, 9.17) is 5.73 Å². The Kier molecular flexibility index (Phi) is 4.32. The molecular weight excluding hydrogens is 272 g/mol. The standard InChI is InChI=1S/C18H26N4/c1-3-16(17-20-9-10-22(17)2)21-15-11-18(12-15,13-19)14-7-5-4-6-8-14/h4-10,15-16,21H,3,11-13,19H2,1-2H3. The highest BCUT2D eigenvalue weighted by atomic mass is 15.1. The first-order valence-electron chi connectivity index (χ1n) is 8.17. The quantitative estimate of drug-likeness (QED) is 0.861. The van der Waals surface area contributed by atoms with Crippen LogP contribution >= 0.6 is 0 Å². The molecule has 1 unspecified atom stereocenters. The molecule has 0 saturated heterocycles. The summed E-state index contributed by atoms with van der Waals surface area (Å²) in [4.78, 5) is 4.49. The van der Waals surface area contributed by atoms with Gasteiger partial charge in [-0.15, -0.1) is 0 Å². The van der Waals surface area contributed by atoms with Crippen LogP contribution in [0.2, 0.25) is 0 Å². The van der Waals surface area contributed by atoms with Gasteiger partial charge in [0.1, 0.15) is 5.82 Å². The molecule has 1 fully saturated rings. The molecule has 118 valence electrons. The first-order chi connectivity index (χ1) is 10.7. The largest absolute Gasteiger partial charge is 0.337 e. The van der Waals surface area contributed by atoms with Gasteiger partial charge in [0.15, 0.2) is 0 Å². The van der Waals surface area contributed by atoms with Crippen LogP contribution in [0.15, 0.2) is 42.7 Å². The summed E-state index contributed by atoms with van der Waals surface area (Å²) < 4.78 is 2.10. The lowest BCUT2D eigenvalue weighted by molar-refractivity contribution is 0.161. The van der Waals surface area contributed by atoms with Crippen LogP contribution in [0.3, 0.4) is 0 Å². The molecule has 22 heavy (non-hydrogen) atoms. The van der Waals surface area contributed by atoms with Crippen LogP contribution in [-0.2, 0) is 12.5 Å². The lowest BCUT2D eigenvalue weighted by atomic mass is 9.61. The van der Waals surface area contributed by atoms with Gasteiger partial charge in [0, 0.05) is 37.4 Å². The third-order valence-electron chi connectivity index (χ3n) is 5.07. The number of benzene rings is 1. The van der Waals surface area contributed by atoms with Gasteiger partial charge < -0.3 is 15.6 Å². The summed E-state index contributed by atoms with van der Waals surface area (Å²) in [6, 6.07) is 11.5. The van der Waals surface area contributed by atoms with E-state index in [1.807, 2.05) is 12.4 Å². The Balaban J connectivity index is 1.66. The van der Waals surface area contributed by atoms with E-state index in [2.05, 4.69) is 59.2 Å². The summed E-state index contributed by atoms with van der Waals surface area (Å²) in [5, 5.41) is 3.77. The fraction of sp³-hybridized carbons (Fsp3) is 0.500. The molecule has 0 bridgehead atoms. The van der Waals surface area contributed by atoms with Crippen LogP contribution in [0.5, 0.6) is 0 Å². The number of nitrogens with two attached hydrogens (primary N) is 1. The second-order valence-corrected chi connectivity index (χ2v) is 6.48. The lowest BCUT2D eigenvalue weighted by Gasteiger charge is -2.49. The molecule has 1 aromatic heterocycles. The average molecular weight is 298 g/mol. The molecule has 1 aromatic carbocycles. The molecule has 1 aliphatic carbocycles. The van der Waals surface area contributed by atoms with Gasteiger partial charge in [0.2, 0.25) is 0 Å². The summed E-state index contributed by atoms with van der Waals surface area (Å²) in [5.74, 6) is 1.12. The molecule has 3 N–H and O–H groups in total. The van der Waals surface area contributed by atoms with E-state index in [0.29, 0.717) is 18.6 Å². The Bertz CT molecular complexity index is 599. The summed E-state index contributed by atoms with van der Waals surface area (Å²) in [6.45, 7) is 2.92. The van der Waals surface area contributed by atoms with Crippen molar-refractivity contribution in [2.24, 2.45) is 12.8 Å². The fourth-order valence-corrected chi connectivity index (χ4v) is 3.69. The third kappa shape index (κ3) is 2.69. The third-order valence-corrected chi connectivity index (χ3v) is 5.07. The number of nitrogens with one attached hydrogen (secondary N) is 1. The van der Waals surface area contributed by atoms with Crippen molar-refractivity contribution in [2.75, 3.05) is 6.54 Å². The molecule has 2 aromatic rings. The maximum Gasteiger partial charge on any atom is 0.125 e. The first-order valence-corrected chi connectivity index (χ1v) is 8.17. The second-order valence-electron chi connectivity index (χ2n) is 6.48. The Morgan fingerprint density at radius 2 is 2.09 bits per heavy atom. The van der Waals surface area contributed by atoms with Gasteiger partial charge >= 0.3 is 0 Å². The topological polar surface area (TPSA) is 55.9 Å². The van der Waals surface area contributed by atoms with E-state index in [1.54, 1.807) is 0 Å². The molecule has 1 saturated carbocycles. The van der Waals surface area contributed by atoms with E-state index in [1.165, 1.54) is 5.56 Å². The Morgan fingerprint density at radius 3 is 2.64 bits per heavy atom. The predicted octanol–water partition coefficient (Wildman–Crippen LogP) is 2.52. The van der Waals surface area contributed by atoms with Crippen LogP contribution in [-0.4, -0.2) is 22.1 Å². The normalized spacial score (nSPS) is 25.7. The summed E-state index contributed by atoms with van der Waals surface area (Å²) >= 11 is 0. The van der Waals surface area contributed by atoms with Gasteiger partial charge in [-0.25, -0.2) is 4.98 Å². The van der Waals surface area contributed by atoms with Crippen molar-refractivity contribution in [1.82, 2.24) is 14.9 Å². The van der Waals surface area contributed by atoms with E-state index in [9.17, 15) is 0 Å². The maximum atomic E-state index is 6.10. The van der Waals surface area contributed by atoms with Crippen LogP contribution < -0.4 is 11.1 Å². The SMILES string of the molecule is CCC(NC1CC(CN)(c2ccccc2)C1)c1nccn1C. The van der Waals surface area contributed by atoms with Crippen molar-refractivity contribution in [3.8, 4) is 0 Å². The van der Waals surface area contributed by atoms with Crippen molar-refractivity contribution >= 4 is 0 Å². The smallest absolute Gasteiger partial charge is 0.125 e. The van der Waals surface area contributed by atoms with Crippen molar-refractivity contribution < 1.29 is 0 Å². The van der Waals surface area contributed by atoms with Crippen LogP contribution in [0, 0.1) is 0 Å². The predicted molar refractivity (Wildman–Crippen MR) is 89.6 cm³/mol. The average Bonchev–Trinajstić information content (AvgIpc) is 2.94. The lowest BCUT2D eigenvalue weighted by Crippen LogP contribution is -2.56. The van der Waals surface area contributed by atoms with E-state index in [0.717, 1.165) is 25.1 Å². The van der Waals surface area contributed by atoms with Gasteiger partial charge in [-0.1, -0.05) is 37.3 Å². The highest BCUT2D eigenvalue weighted by Gasteiger charge is 2.45. The molecule has 0 aliphatic heterocycles. The molecule has 0 spiro atoms. The molecule has 1 atom stereocenters. The molecule has 4 nitrogen and oxygen atoms in total. The molecule has 1 aliphatic rings. The zero-order chi connectivity index (χ0) is 15.6. The van der Waals surface area contributed by atoms with Crippen LogP contribution in [0.4, 0.5) is 0 Å². The summed E-state index contributed by atoms with van der Waals surface area (Å²) in [6.07, 6.45) is 7.13. The minimum atomic E-state index is 0.152. The minimum Gasteiger partial charge on any atom is -0.337 e. The molecule has 0 radical (unpaired) electrons. The fourth-order valence-electron chi connectivity index (χ4n) is 3.69. The highest BCUT2D eigenvalue weighted by Crippen LogP contribution is 2.43. The number of aryl methyl sites for hydroxylation is 1. The van der Waals surface area contributed by atoms with Crippen molar-refractivity contribution in [3.05, 3.63) is 54.1 Å². The van der Waals surface area contributed by atoms with Crippen molar-refractivity contribution in [2.45, 2.75) is 43.7 Å². The zero-order valence-electron chi connectivity index (χ0n) is 13.5. The molecule has 4 heteroatoms. The van der Waals surface area contributed by atoms with Gasteiger partial charge in [-0.3, -0.25) is 0 Å². The zero-order valence-corrected chi connectivity index (χ0v) is 13.5. The summed E-state index contributed by atoms with van der Waals surface area (Å²) in [7, 11) is 2.06. The van der Waals surface area contributed by atoms with Gasteiger partial charge in [-0.05, 0) is 24.8 Å². The Hall–Kier alpha value is -1.65. The van der Waals surface area contributed by atoms with Crippen LogP contribution in [0.25, 0.3) is 0 Å². The number of imidazole rings is 1. The number of nitrogens with zero attached hydrogens (tertiary/aromatic N) is 2.